The fourth-order valence-electron chi connectivity index (χ4n) is 1.21. The molecule has 0 unspecified atom stereocenters. The Morgan fingerprint density at radius 1 is 1.42 bits per heavy atom. The Bertz CT molecular complexity index is 617. The number of nitrogens with zero attached hydrogens (tertiary/aromatic N) is 2. The van der Waals surface area contributed by atoms with E-state index in [2.05, 4.69) is 14.8 Å². The maximum absolute atomic E-state index is 11.1. The van der Waals surface area contributed by atoms with Gasteiger partial charge in [-0.15, -0.1) is 0 Å². The first-order valence-electron chi connectivity index (χ1n) is 5.04. The van der Waals surface area contributed by atoms with Crippen LogP contribution in [0.1, 0.15) is 0 Å². The van der Waals surface area contributed by atoms with Gasteiger partial charge in [0.05, 0.1) is 12.0 Å². The van der Waals surface area contributed by atoms with E-state index in [-0.39, 0.29) is 17.2 Å². The number of nitrogens with one attached hydrogen (secondary N) is 1. The summed E-state index contributed by atoms with van der Waals surface area (Å²) in [4.78, 5) is 13.9. The highest BCUT2D eigenvalue weighted by molar-refractivity contribution is 7.89. The van der Waals surface area contributed by atoms with Gasteiger partial charge in [0.2, 0.25) is 10.0 Å². The molecule has 0 aliphatic carbocycles. The van der Waals surface area contributed by atoms with Gasteiger partial charge in [-0.3, -0.25) is 0 Å². The minimum atomic E-state index is -3.74. The Morgan fingerprint density at radius 3 is 2.42 bits per heavy atom. The lowest BCUT2D eigenvalue weighted by Gasteiger charge is -2.04. The van der Waals surface area contributed by atoms with Crippen molar-refractivity contribution in [3.63, 3.8) is 0 Å². The van der Waals surface area contributed by atoms with Crippen molar-refractivity contribution in [2.45, 2.75) is 4.90 Å². The van der Waals surface area contributed by atoms with Gasteiger partial charge < -0.3 is 15.6 Å². The molecule has 0 spiro atoms. The van der Waals surface area contributed by atoms with E-state index in [0.717, 1.165) is 7.11 Å². The minimum absolute atomic E-state index is 0.0259. The lowest BCUT2D eigenvalue weighted by molar-refractivity contribution is -0.137. The first-order valence-corrected chi connectivity index (χ1v) is 6.59. The van der Waals surface area contributed by atoms with Crippen LogP contribution in [0, 0.1) is 0 Å². The van der Waals surface area contributed by atoms with Crippen molar-refractivity contribution in [3.8, 4) is 0 Å². The van der Waals surface area contributed by atoms with Crippen molar-refractivity contribution < 1.29 is 22.7 Å². The van der Waals surface area contributed by atoms with Gasteiger partial charge in [0.1, 0.15) is 6.54 Å². The van der Waals surface area contributed by atoms with Crippen LogP contribution >= 0.6 is 0 Å². The van der Waals surface area contributed by atoms with Gasteiger partial charge in [-0.2, -0.15) is 4.79 Å². The van der Waals surface area contributed by atoms with Crippen LogP contribution < -0.4 is 10.5 Å². The smallest absolute Gasteiger partial charge is 0.418 e. The molecule has 0 aliphatic heterocycles. The number of sulfonamides is 1. The Kier molecular flexibility index (Phi) is 4.76. The number of hydrogen-bond acceptors (Lipinski definition) is 5. The van der Waals surface area contributed by atoms with Crippen molar-refractivity contribution in [1.29, 1.82) is 0 Å². The number of hydrogen-bond donors (Lipinski definition) is 2. The predicted molar refractivity (Wildman–Crippen MR) is 66.9 cm³/mol. The monoisotopic (exact) mass is 284 g/mol. The number of nitrogens with two attached hydrogens (primary N) is 1. The van der Waals surface area contributed by atoms with Gasteiger partial charge in [0, 0.05) is 5.69 Å². The number of benzene rings is 1. The number of carbonyl (C=O) groups is 1. The summed E-state index contributed by atoms with van der Waals surface area (Å²) < 4.78 is 26.4. The summed E-state index contributed by atoms with van der Waals surface area (Å²) in [5.41, 5.74) is 8.92. The normalized spacial score (nSPS) is 10.4. The third-order valence-electron chi connectivity index (χ3n) is 2.18. The zero-order valence-electron chi connectivity index (χ0n) is 10.0. The molecule has 9 heteroatoms. The van der Waals surface area contributed by atoms with E-state index in [1.807, 2.05) is 0 Å². The summed E-state index contributed by atoms with van der Waals surface area (Å²) in [5, 5.41) is 7.71. The highest BCUT2D eigenvalue weighted by Crippen LogP contribution is 2.12. The minimum Gasteiger partial charge on any atom is -0.460 e. The van der Waals surface area contributed by atoms with E-state index in [1.165, 1.54) is 24.3 Å². The number of rotatable bonds is 5. The lowest BCUT2D eigenvalue weighted by Crippen LogP contribution is -2.25. The molecule has 0 amide bonds. The van der Waals surface area contributed by atoms with Gasteiger partial charge in [0.15, 0.2) is 0 Å². The number of carbonyl (C=O) groups excluding carboxylic acids is 1. The van der Waals surface area contributed by atoms with Crippen molar-refractivity contribution in [2.75, 3.05) is 19.0 Å². The molecule has 8 nitrogen and oxygen atoms in total. The van der Waals surface area contributed by atoms with Crippen molar-refractivity contribution in [1.82, 2.24) is 0 Å². The summed E-state index contributed by atoms with van der Waals surface area (Å²) in [6.07, 6.45) is 0. The van der Waals surface area contributed by atoms with Crippen molar-refractivity contribution in [2.24, 2.45) is 5.14 Å². The fraction of sp³-hybridized carbons (Fsp3) is 0.200. The van der Waals surface area contributed by atoms with E-state index in [0.29, 0.717) is 5.69 Å². The van der Waals surface area contributed by atoms with Gasteiger partial charge in [-0.25, -0.2) is 18.4 Å². The molecule has 0 heterocycles. The molecule has 19 heavy (non-hydrogen) atoms. The van der Waals surface area contributed by atoms with E-state index in [4.69, 9.17) is 10.7 Å². The molecule has 0 fully saturated rings. The Morgan fingerprint density at radius 2 is 2.00 bits per heavy atom. The van der Waals surface area contributed by atoms with Crippen molar-refractivity contribution in [3.05, 3.63) is 29.8 Å². The maximum atomic E-state index is 11.1. The zero-order valence-corrected chi connectivity index (χ0v) is 10.8. The van der Waals surface area contributed by atoms with Gasteiger partial charge in [-0.05, 0) is 24.3 Å². The SMILES string of the molecule is COC(=O)C(CNc1ccc(S(N)(=O)=O)cc1)=[N+]=[N-]. The molecular formula is C10H12N4O4S. The fourth-order valence-corrected chi connectivity index (χ4v) is 1.73. The summed E-state index contributed by atoms with van der Waals surface area (Å²) >= 11 is 0. The van der Waals surface area contributed by atoms with Crippen LogP contribution in [0.5, 0.6) is 0 Å². The molecule has 0 aliphatic rings. The van der Waals surface area contributed by atoms with E-state index in [1.54, 1.807) is 0 Å². The van der Waals surface area contributed by atoms with E-state index < -0.39 is 16.0 Å². The number of esters is 1. The molecule has 0 aromatic heterocycles. The first-order chi connectivity index (χ1) is 8.88. The second-order valence-corrected chi connectivity index (χ2v) is 5.02. The van der Waals surface area contributed by atoms with Crippen molar-refractivity contribution >= 4 is 27.4 Å². The molecule has 0 saturated heterocycles. The first kappa shape index (κ1) is 14.8. The number of methoxy groups -OCH3 is 1. The topological polar surface area (TPSA) is 135 Å². The molecule has 0 radical (unpaired) electrons. The highest BCUT2D eigenvalue weighted by Gasteiger charge is 2.20. The average molecular weight is 284 g/mol. The quantitative estimate of drug-likeness (QED) is 0.328. The zero-order chi connectivity index (χ0) is 14.5. The maximum Gasteiger partial charge on any atom is 0.418 e. The molecule has 0 saturated carbocycles. The van der Waals surface area contributed by atoms with Crippen LogP contribution in [0.4, 0.5) is 5.69 Å². The predicted octanol–water partition coefficient (Wildman–Crippen LogP) is -0.410. The Labute approximate surface area is 109 Å². The lowest BCUT2D eigenvalue weighted by atomic mass is 10.3. The molecule has 1 rings (SSSR count). The number of ether oxygens (including phenoxy) is 1. The van der Waals surface area contributed by atoms with Gasteiger partial charge >= 0.3 is 11.7 Å². The van der Waals surface area contributed by atoms with E-state index >= 15 is 0 Å². The molecule has 1 aromatic rings. The summed E-state index contributed by atoms with van der Waals surface area (Å²) in [7, 11) is -2.58. The summed E-state index contributed by atoms with van der Waals surface area (Å²) in [5.74, 6) is -0.767. The number of anilines is 1. The van der Waals surface area contributed by atoms with Crippen LogP contribution in [0.15, 0.2) is 29.2 Å². The molecule has 0 bridgehead atoms. The van der Waals surface area contributed by atoms with E-state index in [9.17, 15) is 13.2 Å². The molecular weight excluding hydrogens is 272 g/mol. The Hall–Kier alpha value is -2.22. The highest BCUT2D eigenvalue weighted by atomic mass is 32.2. The van der Waals surface area contributed by atoms with Crippen LogP contribution in [-0.4, -0.2) is 38.5 Å². The van der Waals surface area contributed by atoms with Crippen LogP contribution in [0.2, 0.25) is 0 Å². The third kappa shape index (κ3) is 4.18. The molecule has 0 atom stereocenters. The van der Waals surface area contributed by atoms with Crippen LogP contribution in [0.3, 0.4) is 0 Å². The second kappa shape index (κ2) is 6.10. The van der Waals surface area contributed by atoms with Gasteiger partial charge in [0.25, 0.3) is 0 Å². The summed E-state index contributed by atoms with van der Waals surface area (Å²) in [6.45, 7) is -0.0715. The number of primary sulfonamides is 1. The van der Waals surface area contributed by atoms with Gasteiger partial charge in [-0.1, -0.05) is 0 Å². The second-order valence-electron chi connectivity index (χ2n) is 3.46. The third-order valence-corrected chi connectivity index (χ3v) is 3.11. The Balaban J connectivity index is 2.75. The largest absolute Gasteiger partial charge is 0.460 e. The van der Waals surface area contributed by atoms with Crippen LogP contribution in [-0.2, 0) is 19.6 Å². The standard InChI is InChI=1S/C10H12N4O4S/c1-18-10(15)9(14-11)6-13-7-2-4-8(5-3-7)19(12,16)17/h2-5,13H,6H2,1H3,(H2,12,16,17). The average Bonchev–Trinajstić information content (AvgIpc) is 2.38. The van der Waals surface area contributed by atoms with Crippen LogP contribution in [0.25, 0.3) is 5.53 Å². The molecule has 102 valence electrons. The summed E-state index contributed by atoms with van der Waals surface area (Å²) in [6, 6.07) is 5.55. The molecule has 3 N–H and O–H groups in total. The molecule has 1 aromatic carbocycles.